The van der Waals surface area contributed by atoms with Gasteiger partial charge in [-0.2, -0.15) is 5.10 Å². The molecular weight excluding hydrogens is 212 g/mol. The molecule has 0 amide bonds. The Labute approximate surface area is 101 Å². The van der Waals surface area contributed by atoms with Gasteiger partial charge in [0.05, 0.1) is 0 Å². The lowest BCUT2D eigenvalue weighted by Gasteiger charge is -2.00. The topological polar surface area (TPSA) is 42.2 Å². The molecule has 1 aliphatic rings. The number of rotatable bonds is 3. The highest BCUT2D eigenvalue weighted by molar-refractivity contribution is 5.40. The minimum absolute atomic E-state index is 0.586. The van der Waals surface area contributed by atoms with Crippen molar-refractivity contribution < 1.29 is 0 Å². The Morgan fingerprint density at radius 2 is 2.24 bits per heavy atom. The summed E-state index contributed by atoms with van der Waals surface area (Å²) < 4.78 is 1.90. The van der Waals surface area contributed by atoms with Crippen LogP contribution in [-0.4, -0.2) is 21.6 Å². The predicted molar refractivity (Wildman–Crippen MR) is 67.0 cm³/mol. The zero-order valence-electron chi connectivity index (χ0n) is 10.2. The van der Waals surface area contributed by atoms with Gasteiger partial charge < -0.3 is 5.32 Å². The molecule has 0 atom stereocenters. The molecule has 17 heavy (non-hydrogen) atoms. The van der Waals surface area contributed by atoms with Crippen LogP contribution < -0.4 is 5.32 Å². The molecule has 4 heteroatoms. The van der Waals surface area contributed by atoms with Gasteiger partial charge in [-0.25, -0.2) is 9.50 Å². The first-order chi connectivity index (χ1) is 8.36. The van der Waals surface area contributed by atoms with E-state index < -0.39 is 0 Å². The highest BCUT2D eigenvalue weighted by Crippen LogP contribution is 2.32. The van der Waals surface area contributed by atoms with E-state index in [2.05, 4.69) is 27.5 Å². The van der Waals surface area contributed by atoms with E-state index in [1.165, 1.54) is 31.2 Å². The smallest absolute Gasteiger partial charge is 0.155 e. The molecule has 2 aromatic rings. The first kappa shape index (κ1) is 10.7. The minimum Gasteiger partial charge on any atom is -0.316 e. The maximum atomic E-state index is 4.66. The van der Waals surface area contributed by atoms with Crippen molar-refractivity contribution in [1.82, 2.24) is 19.9 Å². The van der Waals surface area contributed by atoms with Crippen LogP contribution in [-0.2, 0) is 6.54 Å². The predicted octanol–water partition coefficient (Wildman–Crippen LogP) is 2.11. The third-order valence-corrected chi connectivity index (χ3v) is 3.52. The van der Waals surface area contributed by atoms with Gasteiger partial charge >= 0.3 is 0 Å². The van der Waals surface area contributed by atoms with Crippen molar-refractivity contribution >= 4 is 5.65 Å². The molecule has 0 spiro atoms. The van der Waals surface area contributed by atoms with Crippen molar-refractivity contribution in [3.05, 3.63) is 29.7 Å². The molecule has 1 saturated carbocycles. The molecule has 2 heterocycles. The Kier molecular flexibility index (Phi) is 2.81. The van der Waals surface area contributed by atoms with E-state index in [-0.39, 0.29) is 0 Å². The van der Waals surface area contributed by atoms with E-state index in [0.29, 0.717) is 5.92 Å². The Hall–Kier alpha value is -1.42. The molecule has 0 bridgehead atoms. The highest BCUT2D eigenvalue weighted by atomic mass is 15.3. The number of nitrogens with zero attached hydrogens (tertiary/aromatic N) is 3. The van der Waals surface area contributed by atoms with Crippen molar-refractivity contribution in [3.63, 3.8) is 0 Å². The quantitative estimate of drug-likeness (QED) is 0.878. The Morgan fingerprint density at radius 3 is 3.00 bits per heavy atom. The van der Waals surface area contributed by atoms with Crippen LogP contribution in [0.3, 0.4) is 0 Å². The normalized spacial score (nSPS) is 17.0. The van der Waals surface area contributed by atoms with Crippen LogP contribution in [0.15, 0.2) is 18.3 Å². The molecule has 1 aliphatic carbocycles. The van der Waals surface area contributed by atoms with Gasteiger partial charge in [0.25, 0.3) is 0 Å². The van der Waals surface area contributed by atoms with Crippen LogP contribution in [0, 0.1) is 0 Å². The van der Waals surface area contributed by atoms with E-state index in [1.54, 1.807) is 0 Å². The fraction of sp³-hybridized carbons (Fsp3) is 0.538. The van der Waals surface area contributed by atoms with Gasteiger partial charge in [0.2, 0.25) is 0 Å². The summed E-state index contributed by atoms with van der Waals surface area (Å²) in [4.78, 5) is 4.66. The number of fused-ring (bicyclic) bond motifs is 1. The van der Waals surface area contributed by atoms with Crippen molar-refractivity contribution in [3.8, 4) is 0 Å². The summed E-state index contributed by atoms with van der Waals surface area (Å²) in [6, 6.07) is 4.21. The standard InChI is InChI=1S/C13H18N4/c1-14-9-10-6-7-17-12(8-10)15-13(16-17)11-4-2-3-5-11/h6-8,11,14H,2-5,9H2,1H3. The van der Waals surface area contributed by atoms with Gasteiger partial charge in [0, 0.05) is 18.7 Å². The van der Waals surface area contributed by atoms with Gasteiger partial charge in [0.15, 0.2) is 11.5 Å². The average Bonchev–Trinajstić information content (AvgIpc) is 2.97. The Morgan fingerprint density at radius 1 is 1.41 bits per heavy atom. The second-order valence-electron chi connectivity index (χ2n) is 4.82. The lowest BCUT2D eigenvalue weighted by molar-refractivity contribution is 0.666. The van der Waals surface area contributed by atoms with Gasteiger partial charge in [-0.15, -0.1) is 0 Å². The van der Waals surface area contributed by atoms with Gasteiger partial charge in [-0.1, -0.05) is 12.8 Å². The summed E-state index contributed by atoms with van der Waals surface area (Å²) in [5.74, 6) is 1.62. The van der Waals surface area contributed by atoms with Crippen LogP contribution in [0.1, 0.15) is 43.0 Å². The van der Waals surface area contributed by atoms with Crippen LogP contribution in [0.5, 0.6) is 0 Å². The van der Waals surface area contributed by atoms with Crippen LogP contribution >= 0.6 is 0 Å². The molecule has 90 valence electrons. The van der Waals surface area contributed by atoms with E-state index in [4.69, 9.17) is 0 Å². The lowest BCUT2D eigenvalue weighted by atomic mass is 10.1. The third-order valence-electron chi connectivity index (χ3n) is 3.52. The highest BCUT2D eigenvalue weighted by Gasteiger charge is 2.21. The summed E-state index contributed by atoms with van der Waals surface area (Å²) in [6.07, 6.45) is 7.16. The fourth-order valence-corrected chi connectivity index (χ4v) is 2.61. The van der Waals surface area contributed by atoms with Crippen molar-refractivity contribution in [1.29, 1.82) is 0 Å². The zero-order valence-corrected chi connectivity index (χ0v) is 10.2. The molecule has 1 fully saturated rings. The fourth-order valence-electron chi connectivity index (χ4n) is 2.61. The van der Waals surface area contributed by atoms with E-state index >= 15 is 0 Å². The molecule has 0 radical (unpaired) electrons. The number of hydrogen-bond donors (Lipinski definition) is 1. The second kappa shape index (κ2) is 4.45. The molecule has 0 saturated heterocycles. The number of hydrogen-bond acceptors (Lipinski definition) is 3. The molecule has 0 aliphatic heterocycles. The van der Waals surface area contributed by atoms with Crippen molar-refractivity contribution in [2.24, 2.45) is 0 Å². The van der Waals surface area contributed by atoms with Crippen molar-refractivity contribution in [2.75, 3.05) is 7.05 Å². The molecular formula is C13H18N4. The van der Waals surface area contributed by atoms with Crippen LogP contribution in [0.4, 0.5) is 0 Å². The summed E-state index contributed by atoms with van der Waals surface area (Å²) in [7, 11) is 1.96. The van der Waals surface area contributed by atoms with Crippen LogP contribution in [0.2, 0.25) is 0 Å². The van der Waals surface area contributed by atoms with Gasteiger partial charge in [-0.3, -0.25) is 0 Å². The third kappa shape index (κ3) is 2.05. The number of pyridine rings is 1. The summed E-state index contributed by atoms with van der Waals surface area (Å²) in [5, 5.41) is 7.73. The van der Waals surface area contributed by atoms with Crippen LogP contribution in [0.25, 0.3) is 5.65 Å². The monoisotopic (exact) mass is 230 g/mol. The van der Waals surface area contributed by atoms with E-state index in [9.17, 15) is 0 Å². The minimum atomic E-state index is 0.586. The molecule has 2 aromatic heterocycles. The molecule has 3 rings (SSSR count). The van der Waals surface area contributed by atoms with Gasteiger partial charge in [0.1, 0.15) is 0 Å². The Balaban J connectivity index is 1.94. The molecule has 4 nitrogen and oxygen atoms in total. The Bertz CT molecular complexity index is 511. The number of nitrogens with one attached hydrogen (secondary N) is 1. The number of aromatic nitrogens is 3. The lowest BCUT2D eigenvalue weighted by Crippen LogP contribution is -2.05. The first-order valence-corrected chi connectivity index (χ1v) is 6.36. The van der Waals surface area contributed by atoms with Gasteiger partial charge in [-0.05, 0) is 37.6 Å². The maximum Gasteiger partial charge on any atom is 0.155 e. The molecule has 1 N–H and O–H groups in total. The summed E-state index contributed by atoms with van der Waals surface area (Å²) in [5.41, 5.74) is 2.23. The maximum absolute atomic E-state index is 4.66. The molecule has 0 unspecified atom stereocenters. The van der Waals surface area contributed by atoms with E-state index in [1.807, 2.05) is 17.8 Å². The van der Waals surface area contributed by atoms with E-state index in [0.717, 1.165) is 18.0 Å². The second-order valence-corrected chi connectivity index (χ2v) is 4.82. The average molecular weight is 230 g/mol. The largest absolute Gasteiger partial charge is 0.316 e. The zero-order chi connectivity index (χ0) is 11.7. The van der Waals surface area contributed by atoms with Crippen molar-refractivity contribution in [2.45, 2.75) is 38.1 Å². The first-order valence-electron chi connectivity index (χ1n) is 6.36. The summed E-state index contributed by atoms with van der Waals surface area (Å²) >= 11 is 0. The molecule has 0 aromatic carbocycles. The SMILES string of the molecule is CNCc1ccn2nc(C3CCCC3)nc2c1. The summed E-state index contributed by atoms with van der Waals surface area (Å²) in [6.45, 7) is 0.877.